The first kappa shape index (κ1) is 18.9. The fourth-order valence-electron chi connectivity index (χ4n) is 2.06. The number of benzene rings is 2. The first-order valence-electron chi connectivity index (χ1n) is 7.15. The van der Waals surface area contributed by atoms with Crippen LogP contribution >= 0.6 is 0 Å². The van der Waals surface area contributed by atoms with Crippen LogP contribution in [-0.4, -0.2) is 21.0 Å². The zero-order valence-corrected chi connectivity index (χ0v) is 13.8. The smallest absolute Gasteiger partial charge is 0.328 e. The largest absolute Gasteiger partial charge is 0.465 e. The molecule has 0 spiro atoms. The summed E-state index contributed by atoms with van der Waals surface area (Å²) in [4.78, 5) is 11.0. The number of nitrogens with one attached hydrogen (secondary N) is 1. The molecule has 0 saturated carbocycles. The monoisotopic (exact) mass is 373 g/mol. The zero-order valence-electron chi connectivity index (χ0n) is 13.0. The van der Waals surface area contributed by atoms with Crippen LogP contribution in [0.5, 0.6) is 0 Å². The Morgan fingerprint density at radius 3 is 2.32 bits per heavy atom. The van der Waals surface area contributed by atoms with Gasteiger partial charge in [-0.3, -0.25) is 0 Å². The number of rotatable bonds is 6. The van der Waals surface area contributed by atoms with Crippen LogP contribution < -0.4 is 4.72 Å². The summed E-state index contributed by atoms with van der Waals surface area (Å²) >= 11 is 0. The predicted octanol–water partition coefficient (Wildman–Crippen LogP) is 2.69. The number of hydrogen-bond donors (Lipinski definition) is 1. The van der Waals surface area contributed by atoms with Gasteiger partial charge in [0.1, 0.15) is 10.9 Å². The van der Waals surface area contributed by atoms with Crippen molar-refractivity contribution in [3.63, 3.8) is 0 Å². The van der Waals surface area contributed by atoms with E-state index in [2.05, 4.69) is 0 Å². The van der Waals surface area contributed by atoms with Crippen molar-refractivity contribution in [3.05, 3.63) is 65.5 Å². The van der Waals surface area contributed by atoms with Gasteiger partial charge in [-0.1, -0.05) is 30.3 Å². The maximum atomic E-state index is 13.8. The minimum Gasteiger partial charge on any atom is -0.465 e. The van der Waals surface area contributed by atoms with Gasteiger partial charge in [0.05, 0.1) is 6.61 Å². The molecule has 0 fully saturated rings. The number of hydrogen-bond acceptors (Lipinski definition) is 4. The third kappa shape index (κ3) is 4.18. The summed E-state index contributed by atoms with van der Waals surface area (Å²) in [6.45, 7) is 1.52. The molecule has 0 aliphatic rings. The van der Waals surface area contributed by atoms with Gasteiger partial charge in [-0.2, -0.15) is 4.72 Å². The third-order valence-corrected chi connectivity index (χ3v) is 4.66. The average molecular weight is 373 g/mol. The molecule has 0 bridgehead atoms. The summed E-state index contributed by atoms with van der Waals surface area (Å²) < 4.78 is 71.6. The molecule has 0 saturated heterocycles. The molecule has 0 unspecified atom stereocenters. The lowest BCUT2D eigenvalue weighted by molar-refractivity contribution is -0.145. The van der Waals surface area contributed by atoms with Crippen LogP contribution in [0.15, 0.2) is 47.4 Å². The van der Waals surface area contributed by atoms with E-state index in [4.69, 9.17) is 4.74 Å². The number of sulfonamides is 1. The lowest BCUT2D eigenvalue weighted by Gasteiger charge is -2.18. The molecule has 0 aromatic heterocycles. The molecule has 0 aliphatic heterocycles. The van der Waals surface area contributed by atoms with Crippen molar-refractivity contribution in [1.29, 1.82) is 0 Å². The molecule has 5 nitrogen and oxygen atoms in total. The molecular weight excluding hydrogens is 359 g/mol. The molecule has 2 aromatic carbocycles. The van der Waals surface area contributed by atoms with Crippen LogP contribution in [0.2, 0.25) is 0 Å². The second kappa shape index (κ2) is 7.66. The highest BCUT2D eigenvalue weighted by Gasteiger charge is 2.31. The summed E-state index contributed by atoms with van der Waals surface area (Å²) in [5.41, 5.74) is 0.243. The zero-order chi connectivity index (χ0) is 18.6. The molecule has 0 heterocycles. The highest BCUT2D eigenvalue weighted by atomic mass is 32.2. The van der Waals surface area contributed by atoms with Crippen LogP contribution in [0.1, 0.15) is 18.5 Å². The molecule has 2 aromatic rings. The van der Waals surface area contributed by atoms with Gasteiger partial charge in [-0.25, -0.2) is 26.4 Å². The van der Waals surface area contributed by atoms with Gasteiger partial charge in [0.25, 0.3) is 0 Å². The van der Waals surface area contributed by atoms with Gasteiger partial charge >= 0.3 is 5.97 Å². The number of carbonyl (C=O) groups is 1. The van der Waals surface area contributed by atoms with E-state index >= 15 is 0 Å². The Morgan fingerprint density at radius 1 is 1.08 bits per heavy atom. The fraction of sp³-hybridized carbons (Fsp3) is 0.188. The SMILES string of the molecule is CCOC(=O)[C@H](NS(=O)(=O)c1ccc(F)c(F)c1F)c1ccccc1. The van der Waals surface area contributed by atoms with E-state index < -0.39 is 44.4 Å². The van der Waals surface area contributed by atoms with Crippen molar-refractivity contribution < 1.29 is 31.1 Å². The minimum atomic E-state index is -4.67. The topological polar surface area (TPSA) is 72.5 Å². The molecule has 9 heteroatoms. The standard InChI is InChI=1S/C16H14F3NO4S/c1-2-24-16(21)15(10-6-4-3-5-7-10)20-25(22,23)12-9-8-11(17)13(18)14(12)19/h3-9,15,20H,2H2,1H3/t15-/m1/s1. The molecular formula is C16H14F3NO4S. The third-order valence-electron chi connectivity index (χ3n) is 3.22. The first-order valence-corrected chi connectivity index (χ1v) is 8.63. The van der Waals surface area contributed by atoms with Crippen molar-refractivity contribution >= 4 is 16.0 Å². The van der Waals surface area contributed by atoms with Gasteiger partial charge < -0.3 is 4.74 Å². The highest BCUT2D eigenvalue weighted by Crippen LogP contribution is 2.23. The summed E-state index contributed by atoms with van der Waals surface area (Å²) in [5, 5.41) is 0. The molecule has 25 heavy (non-hydrogen) atoms. The summed E-state index contributed by atoms with van der Waals surface area (Å²) in [6.07, 6.45) is 0. The van der Waals surface area contributed by atoms with Gasteiger partial charge in [0.2, 0.25) is 10.0 Å². The van der Waals surface area contributed by atoms with Crippen LogP contribution in [-0.2, 0) is 19.6 Å². The second-order valence-corrected chi connectivity index (χ2v) is 6.57. The first-order chi connectivity index (χ1) is 11.8. The molecule has 0 aliphatic carbocycles. The minimum absolute atomic E-state index is 0.0105. The molecule has 0 amide bonds. The number of halogens is 3. The highest BCUT2D eigenvalue weighted by molar-refractivity contribution is 7.89. The van der Waals surface area contributed by atoms with E-state index in [9.17, 15) is 26.4 Å². The Morgan fingerprint density at radius 2 is 1.72 bits per heavy atom. The summed E-state index contributed by atoms with van der Waals surface area (Å²) in [6, 6.07) is 7.28. The van der Waals surface area contributed by atoms with E-state index in [-0.39, 0.29) is 12.2 Å². The van der Waals surface area contributed by atoms with E-state index in [1.165, 1.54) is 19.1 Å². The maximum absolute atomic E-state index is 13.8. The quantitative estimate of drug-likeness (QED) is 0.624. The van der Waals surface area contributed by atoms with E-state index in [0.29, 0.717) is 12.1 Å². The normalized spacial score (nSPS) is 12.6. The number of ether oxygens (including phenoxy) is 1. The second-order valence-electron chi connectivity index (χ2n) is 4.89. The Hall–Kier alpha value is -2.39. The maximum Gasteiger partial charge on any atom is 0.328 e. The number of carbonyl (C=O) groups excluding carboxylic acids is 1. The summed E-state index contributed by atoms with van der Waals surface area (Å²) in [5.74, 6) is -6.24. The van der Waals surface area contributed by atoms with E-state index in [1.54, 1.807) is 18.2 Å². The van der Waals surface area contributed by atoms with Crippen LogP contribution in [0, 0.1) is 17.5 Å². The van der Waals surface area contributed by atoms with E-state index in [1.807, 2.05) is 4.72 Å². The molecule has 1 N–H and O–H groups in total. The van der Waals surface area contributed by atoms with Crippen molar-refractivity contribution in [3.8, 4) is 0 Å². The Labute approximate surface area is 142 Å². The van der Waals surface area contributed by atoms with Crippen LogP contribution in [0.4, 0.5) is 13.2 Å². The number of esters is 1. The Balaban J connectivity index is 2.44. The average Bonchev–Trinajstić information content (AvgIpc) is 2.58. The van der Waals surface area contributed by atoms with Crippen molar-refractivity contribution in [2.24, 2.45) is 0 Å². The van der Waals surface area contributed by atoms with Gasteiger partial charge in [-0.15, -0.1) is 0 Å². The lowest BCUT2D eigenvalue weighted by atomic mass is 10.1. The predicted molar refractivity (Wildman–Crippen MR) is 82.5 cm³/mol. The van der Waals surface area contributed by atoms with Crippen molar-refractivity contribution in [2.75, 3.05) is 6.61 Å². The van der Waals surface area contributed by atoms with Gasteiger partial charge in [0.15, 0.2) is 17.5 Å². The molecule has 0 radical (unpaired) electrons. The van der Waals surface area contributed by atoms with E-state index in [0.717, 1.165) is 0 Å². The van der Waals surface area contributed by atoms with Crippen molar-refractivity contribution in [2.45, 2.75) is 17.9 Å². The molecule has 1 atom stereocenters. The van der Waals surface area contributed by atoms with Crippen molar-refractivity contribution in [1.82, 2.24) is 4.72 Å². The fourth-order valence-corrected chi connectivity index (χ4v) is 3.30. The van der Waals surface area contributed by atoms with Crippen LogP contribution in [0.3, 0.4) is 0 Å². The lowest BCUT2D eigenvalue weighted by Crippen LogP contribution is -2.35. The molecule has 134 valence electrons. The Bertz CT molecular complexity index is 872. The summed E-state index contributed by atoms with van der Waals surface area (Å²) in [7, 11) is -4.67. The molecule has 2 rings (SSSR count). The van der Waals surface area contributed by atoms with Crippen LogP contribution in [0.25, 0.3) is 0 Å². The van der Waals surface area contributed by atoms with Gasteiger partial charge in [0, 0.05) is 0 Å². The van der Waals surface area contributed by atoms with Gasteiger partial charge in [-0.05, 0) is 24.6 Å². The Kier molecular flexibility index (Phi) is 5.81.